The molecule has 106 valence electrons. The molecule has 19 heavy (non-hydrogen) atoms. The number of hydrogen-bond acceptors (Lipinski definition) is 4. The summed E-state index contributed by atoms with van der Waals surface area (Å²) in [5.41, 5.74) is 4.16. The van der Waals surface area contributed by atoms with Crippen molar-refractivity contribution < 1.29 is 4.79 Å². The van der Waals surface area contributed by atoms with Crippen LogP contribution in [-0.2, 0) is 7.05 Å². The minimum Gasteiger partial charge on any atom is -0.341 e. The molecule has 0 aliphatic heterocycles. The van der Waals surface area contributed by atoms with E-state index in [1.54, 1.807) is 7.05 Å². The van der Waals surface area contributed by atoms with Gasteiger partial charge in [0, 0.05) is 26.8 Å². The highest BCUT2D eigenvalue weighted by Crippen LogP contribution is 2.14. The summed E-state index contributed by atoms with van der Waals surface area (Å²) in [4.78, 5) is 39.0. The molecule has 7 heteroatoms. The number of aromatic nitrogens is 2. The molecule has 0 saturated carbocycles. The lowest BCUT2D eigenvalue weighted by Gasteiger charge is -2.28. The molecule has 1 amide bonds. The predicted molar refractivity (Wildman–Crippen MR) is 72.1 cm³/mol. The number of hydrogen-bond donors (Lipinski definition) is 2. The maximum atomic E-state index is 12.2. The highest BCUT2D eigenvalue weighted by Gasteiger charge is 2.23. The lowest BCUT2D eigenvalue weighted by Crippen LogP contribution is -2.43. The van der Waals surface area contributed by atoms with Gasteiger partial charge >= 0.3 is 5.69 Å². The van der Waals surface area contributed by atoms with E-state index in [4.69, 9.17) is 5.73 Å². The Hall–Kier alpha value is -1.89. The first-order valence-corrected chi connectivity index (χ1v) is 5.94. The zero-order chi connectivity index (χ0) is 14.8. The van der Waals surface area contributed by atoms with Crippen molar-refractivity contribution >= 4 is 5.91 Å². The second kappa shape index (κ2) is 5.40. The topological polar surface area (TPSA) is 101 Å². The van der Waals surface area contributed by atoms with Crippen molar-refractivity contribution in [3.8, 4) is 0 Å². The Kier molecular flexibility index (Phi) is 4.31. The highest BCUT2D eigenvalue weighted by molar-refractivity contribution is 5.93. The van der Waals surface area contributed by atoms with Gasteiger partial charge in [0.1, 0.15) is 5.56 Å². The maximum absolute atomic E-state index is 12.2. The number of nitrogens with one attached hydrogen (secondary N) is 1. The van der Waals surface area contributed by atoms with Crippen molar-refractivity contribution in [3.63, 3.8) is 0 Å². The Morgan fingerprint density at radius 1 is 1.47 bits per heavy atom. The number of nitrogens with two attached hydrogens (primary N) is 1. The largest absolute Gasteiger partial charge is 0.341 e. The number of rotatable bonds is 4. The van der Waals surface area contributed by atoms with Crippen LogP contribution < -0.4 is 17.0 Å². The number of H-pyrrole nitrogens is 1. The molecule has 1 heterocycles. The molecule has 0 atom stereocenters. The Bertz CT molecular complexity index is 585. The van der Waals surface area contributed by atoms with Crippen LogP contribution in [0.4, 0.5) is 0 Å². The molecule has 0 aliphatic rings. The molecular formula is C12H20N4O3. The van der Waals surface area contributed by atoms with E-state index in [-0.39, 0.29) is 11.0 Å². The van der Waals surface area contributed by atoms with Gasteiger partial charge in [0.2, 0.25) is 0 Å². The SMILES string of the molecule is CN(CC(C)(C)CN)C(=O)c1c[nH]c(=O)n(C)c1=O. The molecule has 7 nitrogen and oxygen atoms in total. The average Bonchev–Trinajstić information content (AvgIpc) is 2.35. The van der Waals surface area contributed by atoms with E-state index in [2.05, 4.69) is 4.98 Å². The van der Waals surface area contributed by atoms with Crippen LogP contribution >= 0.6 is 0 Å². The van der Waals surface area contributed by atoms with Crippen molar-refractivity contribution in [1.82, 2.24) is 14.5 Å². The fourth-order valence-corrected chi connectivity index (χ4v) is 1.70. The van der Waals surface area contributed by atoms with E-state index >= 15 is 0 Å². The van der Waals surface area contributed by atoms with E-state index in [1.165, 1.54) is 11.9 Å². The maximum Gasteiger partial charge on any atom is 0.328 e. The van der Waals surface area contributed by atoms with E-state index in [9.17, 15) is 14.4 Å². The molecule has 0 radical (unpaired) electrons. The quantitative estimate of drug-likeness (QED) is 0.741. The van der Waals surface area contributed by atoms with Crippen LogP contribution in [0.5, 0.6) is 0 Å². The molecule has 0 fully saturated rings. The van der Waals surface area contributed by atoms with Crippen LogP contribution in [0.3, 0.4) is 0 Å². The fourth-order valence-electron chi connectivity index (χ4n) is 1.70. The minimum atomic E-state index is -0.605. The van der Waals surface area contributed by atoms with Gasteiger partial charge in [-0.25, -0.2) is 4.79 Å². The van der Waals surface area contributed by atoms with E-state index in [0.29, 0.717) is 13.1 Å². The van der Waals surface area contributed by atoms with Crippen LogP contribution in [0.2, 0.25) is 0 Å². The Morgan fingerprint density at radius 3 is 2.58 bits per heavy atom. The predicted octanol–water partition coefficient (Wildman–Crippen LogP) is -0.869. The Balaban J connectivity index is 3.05. The molecular weight excluding hydrogens is 248 g/mol. The molecule has 0 bridgehead atoms. The summed E-state index contributed by atoms with van der Waals surface area (Å²) in [6.07, 6.45) is 1.15. The summed E-state index contributed by atoms with van der Waals surface area (Å²) in [5, 5.41) is 0. The molecule has 0 aromatic carbocycles. The summed E-state index contributed by atoms with van der Waals surface area (Å²) in [5.74, 6) is -0.432. The van der Waals surface area contributed by atoms with Crippen molar-refractivity contribution in [2.45, 2.75) is 13.8 Å². The van der Waals surface area contributed by atoms with E-state index in [0.717, 1.165) is 10.8 Å². The van der Waals surface area contributed by atoms with Gasteiger partial charge in [0.15, 0.2) is 0 Å². The summed E-state index contributed by atoms with van der Waals surface area (Å²) in [6.45, 7) is 4.71. The molecule has 1 rings (SSSR count). The fraction of sp³-hybridized carbons (Fsp3) is 0.583. The normalized spacial score (nSPS) is 11.4. The third-order valence-corrected chi connectivity index (χ3v) is 2.97. The second-order valence-electron chi connectivity index (χ2n) is 5.40. The third kappa shape index (κ3) is 3.31. The number of amides is 1. The van der Waals surface area contributed by atoms with Gasteiger partial charge in [-0.05, 0) is 12.0 Å². The minimum absolute atomic E-state index is 0.0579. The summed E-state index contributed by atoms with van der Waals surface area (Å²) < 4.78 is 0.870. The van der Waals surface area contributed by atoms with Crippen LogP contribution in [0.1, 0.15) is 24.2 Å². The Labute approximate surface area is 111 Å². The average molecular weight is 268 g/mol. The Morgan fingerprint density at radius 2 is 2.05 bits per heavy atom. The number of carbonyl (C=O) groups is 1. The van der Waals surface area contributed by atoms with Crippen molar-refractivity contribution in [2.75, 3.05) is 20.1 Å². The molecule has 0 unspecified atom stereocenters. The van der Waals surface area contributed by atoms with Gasteiger partial charge in [-0.1, -0.05) is 13.8 Å². The van der Waals surface area contributed by atoms with Gasteiger partial charge in [0.25, 0.3) is 11.5 Å². The third-order valence-electron chi connectivity index (χ3n) is 2.97. The number of carbonyl (C=O) groups excluding carboxylic acids is 1. The van der Waals surface area contributed by atoms with Gasteiger partial charge in [0.05, 0.1) is 0 Å². The first-order valence-electron chi connectivity index (χ1n) is 5.94. The van der Waals surface area contributed by atoms with Gasteiger partial charge in [-0.3, -0.25) is 14.2 Å². The standard InChI is InChI=1S/C12H20N4O3/c1-12(2,6-13)7-15(3)9(17)8-5-14-11(19)16(4)10(8)18/h5H,6-7,13H2,1-4H3,(H,14,19). The van der Waals surface area contributed by atoms with Crippen LogP contribution in [0, 0.1) is 5.41 Å². The number of aromatic amines is 1. The first-order chi connectivity index (χ1) is 8.69. The zero-order valence-electron chi connectivity index (χ0n) is 11.7. The first kappa shape index (κ1) is 15.2. The van der Waals surface area contributed by atoms with Gasteiger partial charge < -0.3 is 15.6 Å². The van der Waals surface area contributed by atoms with Crippen LogP contribution in [0.15, 0.2) is 15.8 Å². The van der Waals surface area contributed by atoms with Crippen LogP contribution in [-0.4, -0.2) is 40.5 Å². The second-order valence-corrected chi connectivity index (χ2v) is 5.40. The van der Waals surface area contributed by atoms with Crippen molar-refractivity contribution in [1.29, 1.82) is 0 Å². The smallest absolute Gasteiger partial charge is 0.328 e. The molecule has 0 aliphatic carbocycles. The van der Waals surface area contributed by atoms with E-state index < -0.39 is 17.2 Å². The van der Waals surface area contributed by atoms with Gasteiger partial charge in [-0.2, -0.15) is 0 Å². The lowest BCUT2D eigenvalue weighted by molar-refractivity contribution is 0.0737. The highest BCUT2D eigenvalue weighted by atomic mass is 16.2. The van der Waals surface area contributed by atoms with Gasteiger partial charge in [-0.15, -0.1) is 0 Å². The van der Waals surface area contributed by atoms with Crippen molar-refractivity contribution in [2.24, 2.45) is 18.2 Å². The lowest BCUT2D eigenvalue weighted by atomic mass is 9.93. The summed E-state index contributed by atoms with van der Waals surface area (Å²) in [6, 6.07) is 0. The summed E-state index contributed by atoms with van der Waals surface area (Å²) >= 11 is 0. The monoisotopic (exact) mass is 268 g/mol. The molecule has 1 aromatic heterocycles. The molecule has 0 spiro atoms. The molecule has 0 saturated heterocycles. The molecule has 3 N–H and O–H groups in total. The van der Waals surface area contributed by atoms with E-state index in [1.807, 2.05) is 13.8 Å². The van der Waals surface area contributed by atoms with Crippen molar-refractivity contribution in [3.05, 3.63) is 32.6 Å². The zero-order valence-corrected chi connectivity index (χ0v) is 11.7. The number of nitrogens with zero attached hydrogens (tertiary/aromatic N) is 2. The molecule has 1 aromatic rings. The van der Waals surface area contributed by atoms with Crippen LogP contribution in [0.25, 0.3) is 0 Å². The summed E-state index contributed by atoms with van der Waals surface area (Å²) in [7, 11) is 2.92.